The van der Waals surface area contributed by atoms with Crippen LogP contribution < -0.4 is 0 Å². The van der Waals surface area contributed by atoms with Gasteiger partial charge in [0.1, 0.15) is 16.9 Å². The van der Waals surface area contributed by atoms with Gasteiger partial charge < -0.3 is 14.2 Å². The smallest absolute Gasteiger partial charge is 0.233 e. The lowest BCUT2D eigenvalue weighted by Crippen LogP contribution is -2.30. The van der Waals surface area contributed by atoms with E-state index < -0.39 is 0 Å². The van der Waals surface area contributed by atoms with Crippen LogP contribution in [-0.2, 0) is 17.1 Å². The molecule has 1 unspecified atom stereocenters. The molecule has 0 radical (unpaired) electrons. The molecule has 0 spiro atoms. The highest BCUT2D eigenvalue weighted by molar-refractivity contribution is 8.00. The zero-order chi connectivity index (χ0) is 17.6. The Morgan fingerprint density at radius 1 is 1.20 bits per heavy atom. The molecule has 4 nitrogen and oxygen atoms in total. The maximum absolute atomic E-state index is 12.2. The van der Waals surface area contributed by atoms with Gasteiger partial charge in [0, 0.05) is 12.3 Å². The van der Waals surface area contributed by atoms with Crippen LogP contribution in [-0.4, -0.2) is 47.9 Å². The standard InChI is InChI=1S/C19H24N2O2S2/c1-20(2)12-16-8-9-17(23-16)13-24-11-10-21-18(22)14-25-19(21)15-6-4-3-5-7-15/h3-9,19H,10-14H2,1-2H3. The van der Waals surface area contributed by atoms with Crippen molar-refractivity contribution in [2.45, 2.75) is 17.7 Å². The lowest BCUT2D eigenvalue weighted by atomic mass is 10.2. The summed E-state index contributed by atoms with van der Waals surface area (Å²) in [5.74, 6) is 4.58. The Morgan fingerprint density at radius 2 is 1.96 bits per heavy atom. The van der Waals surface area contributed by atoms with Crippen LogP contribution in [0.3, 0.4) is 0 Å². The Balaban J connectivity index is 1.47. The van der Waals surface area contributed by atoms with Crippen molar-refractivity contribution < 1.29 is 9.21 Å². The fourth-order valence-corrected chi connectivity index (χ4v) is 4.87. The van der Waals surface area contributed by atoms with Crippen molar-refractivity contribution in [3.8, 4) is 0 Å². The molecule has 25 heavy (non-hydrogen) atoms. The third kappa shape index (κ3) is 5.06. The van der Waals surface area contributed by atoms with Gasteiger partial charge in [-0.2, -0.15) is 11.8 Å². The number of hydrogen-bond acceptors (Lipinski definition) is 5. The lowest BCUT2D eigenvalue weighted by Gasteiger charge is -2.24. The van der Waals surface area contributed by atoms with Gasteiger partial charge in [-0.3, -0.25) is 4.79 Å². The van der Waals surface area contributed by atoms with Crippen LogP contribution in [0.25, 0.3) is 0 Å². The highest BCUT2D eigenvalue weighted by Crippen LogP contribution is 2.38. The second-order valence-corrected chi connectivity index (χ2v) is 8.49. The molecule has 1 fully saturated rings. The average Bonchev–Trinajstić information content (AvgIpc) is 3.19. The number of carbonyl (C=O) groups is 1. The van der Waals surface area contributed by atoms with Gasteiger partial charge in [0.25, 0.3) is 0 Å². The number of nitrogens with zero attached hydrogens (tertiary/aromatic N) is 2. The summed E-state index contributed by atoms with van der Waals surface area (Å²) in [6.45, 7) is 1.60. The predicted octanol–water partition coefficient (Wildman–Crippen LogP) is 3.85. The molecule has 3 rings (SSSR count). The second-order valence-electron chi connectivity index (χ2n) is 6.32. The number of benzene rings is 1. The van der Waals surface area contributed by atoms with Crippen LogP contribution >= 0.6 is 23.5 Å². The number of rotatable bonds is 8. The zero-order valence-electron chi connectivity index (χ0n) is 14.7. The molecule has 1 aliphatic heterocycles. The van der Waals surface area contributed by atoms with E-state index in [0.717, 1.165) is 36.1 Å². The van der Waals surface area contributed by atoms with Crippen LogP contribution in [0.5, 0.6) is 0 Å². The maximum atomic E-state index is 12.2. The summed E-state index contributed by atoms with van der Waals surface area (Å²) < 4.78 is 5.83. The third-order valence-corrected chi connectivity index (χ3v) is 6.18. The molecule has 1 atom stereocenters. The summed E-state index contributed by atoms with van der Waals surface area (Å²) >= 11 is 3.53. The molecule has 134 valence electrons. The molecule has 1 aromatic carbocycles. The normalized spacial score (nSPS) is 17.6. The van der Waals surface area contributed by atoms with Crippen molar-refractivity contribution in [2.24, 2.45) is 0 Å². The minimum absolute atomic E-state index is 0.157. The van der Waals surface area contributed by atoms with Gasteiger partial charge in [-0.1, -0.05) is 30.3 Å². The van der Waals surface area contributed by atoms with Gasteiger partial charge >= 0.3 is 0 Å². The first-order chi connectivity index (χ1) is 12.1. The molecular formula is C19H24N2O2S2. The molecule has 0 N–H and O–H groups in total. The minimum Gasteiger partial charge on any atom is -0.464 e. The van der Waals surface area contributed by atoms with E-state index >= 15 is 0 Å². The molecule has 2 heterocycles. The Labute approximate surface area is 157 Å². The molecular weight excluding hydrogens is 352 g/mol. The van der Waals surface area contributed by atoms with Crippen LogP contribution in [0, 0.1) is 0 Å². The number of amides is 1. The Bertz CT molecular complexity index is 688. The quantitative estimate of drug-likeness (QED) is 0.654. The van der Waals surface area contributed by atoms with Crippen molar-refractivity contribution in [2.75, 3.05) is 32.1 Å². The minimum atomic E-state index is 0.157. The largest absolute Gasteiger partial charge is 0.464 e. The first-order valence-corrected chi connectivity index (χ1v) is 10.6. The van der Waals surface area contributed by atoms with Crippen molar-refractivity contribution in [1.82, 2.24) is 9.80 Å². The number of furan rings is 1. The van der Waals surface area contributed by atoms with Gasteiger partial charge in [-0.25, -0.2) is 0 Å². The summed E-state index contributed by atoms with van der Waals surface area (Å²) in [4.78, 5) is 16.3. The number of hydrogen-bond donors (Lipinski definition) is 0. The highest BCUT2D eigenvalue weighted by Gasteiger charge is 2.32. The average molecular weight is 377 g/mol. The van der Waals surface area contributed by atoms with Crippen molar-refractivity contribution in [1.29, 1.82) is 0 Å². The SMILES string of the molecule is CN(C)Cc1ccc(CSCCN2C(=O)CSC2c2ccccc2)o1. The predicted molar refractivity (Wildman–Crippen MR) is 106 cm³/mol. The zero-order valence-corrected chi connectivity index (χ0v) is 16.3. The fraction of sp³-hybridized carbons (Fsp3) is 0.421. The summed E-state index contributed by atoms with van der Waals surface area (Å²) in [6.07, 6.45) is 0. The van der Waals surface area contributed by atoms with Crippen LogP contribution in [0.4, 0.5) is 0 Å². The van der Waals surface area contributed by atoms with E-state index in [-0.39, 0.29) is 11.3 Å². The Hall–Kier alpha value is -1.37. The molecule has 6 heteroatoms. The van der Waals surface area contributed by atoms with Crippen molar-refractivity contribution in [3.63, 3.8) is 0 Å². The molecule has 1 saturated heterocycles. The van der Waals surface area contributed by atoms with E-state index in [1.165, 1.54) is 5.56 Å². The van der Waals surface area contributed by atoms with E-state index in [1.54, 1.807) is 11.8 Å². The van der Waals surface area contributed by atoms with E-state index in [4.69, 9.17) is 4.42 Å². The molecule has 0 bridgehead atoms. The summed E-state index contributed by atoms with van der Waals surface area (Å²) in [5.41, 5.74) is 1.21. The molecule has 2 aromatic rings. The van der Waals surface area contributed by atoms with Crippen LogP contribution in [0.2, 0.25) is 0 Å². The van der Waals surface area contributed by atoms with Crippen molar-refractivity contribution in [3.05, 3.63) is 59.5 Å². The van der Waals surface area contributed by atoms with E-state index in [2.05, 4.69) is 23.1 Å². The maximum Gasteiger partial charge on any atom is 0.233 e. The van der Waals surface area contributed by atoms with Gasteiger partial charge in [0.05, 0.1) is 18.1 Å². The van der Waals surface area contributed by atoms with Crippen molar-refractivity contribution >= 4 is 29.4 Å². The van der Waals surface area contributed by atoms with Gasteiger partial charge in [0.2, 0.25) is 5.91 Å². The summed E-state index contributed by atoms with van der Waals surface area (Å²) in [6, 6.07) is 14.4. The highest BCUT2D eigenvalue weighted by atomic mass is 32.2. The van der Waals surface area contributed by atoms with Gasteiger partial charge in [0.15, 0.2) is 0 Å². The first-order valence-electron chi connectivity index (χ1n) is 8.39. The molecule has 1 aliphatic rings. The van der Waals surface area contributed by atoms with Crippen LogP contribution in [0.1, 0.15) is 22.5 Å². The fourth-order valence-electron chi connectivity index (χ4n) is 2.82. The van der Waals surface area contributed by atoms with Gasteiger partial charge in [-0.15, -0.1) is 11.8 Å². The second kappa shape index (κ2) is 8.83. The third-order valence-electron chi connectivity index (χ3n) is 3.96. The van der Waals surface area contributed by atoms with E-state index in [9.17, 15) is 4.79 Å². The monoisotopic (exact) mass is 376 g/mol. The molecule has 0 saturated carbocycles. The Kier molecular flexibility index (Phi) is 6.51. The Morgan fingerprint density at radius 3 is 2.72 bits per heavy atom. The lowest BCUT2D eigenvalue weighted by molar-refractivity contribution is -0.127. The molecule has 1 amide bonds. The number of carbonyl (C=O) groups excluding carboxylic acids is 1. The molecule has 1 aromatic heterocycles. The summed E-state index contributed by atoms with van der Waals surface area (Å²) in [5, 5.41) is 0.157. The number of thioether (sulfide) groups is 2. The topological polar surface area (TPSA) is 36.7 Å². The van der Waals surface area contributed by atoms with Gasteiger partial charge in [-0.05, 0) is 31.8 Å². The van der Waals surface area contributed by atoms with Crippen LogP contribution in [0.15, 0.2) is 46.9 Å². The molecule has 0 aliphatic carbocycles. The van der Waals surface area contributed by atoms with E-state index in [1.807, 2.05) is 55.0 Å². The van der Waals surface area contributed by atoms with E-state index in [0.29, 0.717) is 5.75 Å². The first kappa shape index (κ1) is 18.4. The summed E-state index contributed by atoms with van der Waals surface area (Å²) in [7, 11) is 4.07.